The Morgan fingerprint density at radius 1 is 1.12 bits per heavy atom. The largest absolute Gasteiger partial charge is 0.352 e. The van der Waals surface area contributed by atoms with E-state index in [2.05, 4.69) is 15.5 Å². The number of hydrogen-bond donors (Lipinski definition) is 1. The van der Waals surface area contributed by atoms with Crippen molar-refractivity contribution in [1.82, 2.24) is 29.4 Å². The van der Waals surface area contributed by atoms with E-state index in [0.29, 0.717) is 21.8 Å². The molecule has 0 unspecified atom stereocenters. The molecule has 0 radical (unpaired) electrons. The lowest BCUT2D eigenvalue weighted by molar-refractivity contribution is -0.132. The summed E-state index contributed by atoms with van der Waals surface area (Å²) in [5.41, 5.74) is 2.15. The van der Waals surface area contributed by atoms with Crippen molar-refractivity contribution < 1.29 is 9.59 Å². The predicted octanol–water partition coefficient (Wildman–Crippen LogP) is 2.17. The monoisotopic (exact) mass is 476 g/mol. The number of nitrogens with zero attached hydrogens (tertiary/aromatic N) is 5. The van der Waals surface area contributed by atoms with E-state index in [-0.39, 0.29) is 35.7 Å². The number of carbonyl (C=O) groups excluding carboxylic acids is 2. The van der Waals surface area contributed by atoms with E-state index in [4.69, 9.17) is 0 Å². The van der Waals surface area contributed by atoms with E-state index in [9.17, 15) is 14.4 Å². The SMILES string of the molecule is Cc1ccccc1-n1c(=O)c2ccccc2n2c(SCC(=O)N(C)CC(=O)NC3CC3)nnc12. The van der Waals surface area contributed by atoms with Gasteiger partial charge in [0.1, 0.15) is 0 Å². The minimum atomic E-state index is -0.191. The number of carbonyl (C=O) groups is 2. The molecule has 1 aliphatic carbocycles. The van der Waals surface area contributed by atoms with E-state index < -0.39 is 0 Å². The fraction of sp³-hybridized carbons (Fsp3) is 0.292. The Bertz CT molecular complexity index is 1470. The summed E-state index contributed by atoms with van der Waals surface area (Å²) in [6.07, 6.45) is 2.00. The van der Waals surface area contributed by atoms with Crippen LogP contribution in [-0.4, -0.2) is 61.3 Å². The van der Waals surface area contributed by atoms with Crippen LogP contribution in [0.1, 0.15) is 18.4 Å². The first-order valence-electron chi connectivity index (χ1n) is 11.0. The number of thioether (sulfide) groups is 1. The van der Waals surface area contributed by atoms with E-state index in [0.717, 1.165) is 24.1 Å². The Balaban J connectivity index is 1.48. The standard InChI is InChI=1S/C24H24N6O3S/c1-15-7-3-5-9-18(15)29-22(33)17-8-4-6-10-19(17)30-23(29)26-27-24(30)34-14-21(32)28(2)13-20(31)25-16-11-12-16/h3-10,16H,11-14H2,1-2H3,(H,25,31). The van der Waals surface area contributed by atoms with Gasteiger partial charge in [0.05, 0.1) is 28.9 Å². The van der Waals surface area contributed by atoms with Crippen molar-refractivity contribution in [2.24, 2.45) is 0 Å². The van der Waals surface area contributed by atoms with Gasteiger partial charge in [-0.05, 0) is 43.5 Å². The summed E-state index contributed by atoms with van der Waals surface area (Å²) in [5, 5.41) is 12.5. The molecule has 0 spiro atoms. The Kier molecular flexibility index (Phi) is 5.82. The zero-order chi connectivity index (χ0) is 23.8. The van der Waals surface area contributed by atoms with Gasteiger partial charge in [-0.3, -0.25) is 18.8 Å². The molecule has 0 aliphatic heterocycles. The lowest BCUT2D eigenvalue weighted by atomic mass is 10.2. The molecule has 1 N–H and O–H groups in total. The van der Waals surface area contributed by atoms with Crippen LogP contribution in [0.5, 0.6) is 0 Å². The van der Waals surface area contributed by atoms with Crippen molar-refractivity contribution in [2.75, 3.05) is 19.3 Å². The third-order valence-electron chi connectivity index (χ3n) is 5.82. The molecule has 1 aliphatic rings. The van der Waals surface area contributed by atoms with Crippen LogP contribution >= 0.6 is 11.8 Å². The van der Waals surface area contributed by atoms with Crippen molar-refractivity contribution in [2.45, 2.75) is 31.0 Å². The van der Waals surface area contributed by atoms with E-state index >= 15 is 0 Å². The average molecular weight is 477 g/mol. The molecule has 34 heavy (non-hydrogen) atoms. The lowest BCUT2D eigenvalue weighted by Gasteiger charge is -2.16. The third kappa shape index (κ3) is 4.16. The normalized spacial score (nSPS) is 13.4. The Labute approximate surface area is 199 Å². The summed E-state index contributed by atoms with van der Waals surface area (Å²) < 4.78 is 3.37. The lowest BCUT2D eigenvalue weighted by Crippen LogP contribution is -2.39. The molecule has 174 valence electrons. The van der Waals surface area contributed by atoms with Gasteiger partial charge in [0, 0.05) is 13.1 Å². The fourth-order valence-electron chi connectivity index (χ4n) is 3.84. The van der Waals surface area contributed by atoms with Gasteiger partial charge in [0.15, 0.2) is 5.16 Å². The number of amides is 2. The van der Waals surface area contributed by atoms with E-state index in [1.54, 1.807) is 22.1 Å². The summed E-state index contributed by atoms with van der Waals surface area (Å²) in [6, 6.07) is 15.1. The molecular formula is C24H24N6O3S. The number of aryl methyl sites for hydroxylation is 1. The zero-order valence-electron chi connectivity index (χ0n) is 18.9. The van der Waals surface area contributed by atoms with Crippen molar-refractivity contribution in [3.8, 4) is 5.69 Å². The highest BCUT2D eigenvalue weighted by atomic mass is 32.2. The first kappa shape index (κ1) is 22.1. The highest BCUT2D eigenvalue weighted by molar-refractivity contribution is 7.99. The minimum absolute atomic E-state index is 0.0201. The van der Waals surface area contributed by atoms with Gasteiger partial charge in [-0.25, -0.2) is 4.57 Å². The summed E-state index contributed by atoms with van der Waals surface area (Å²) >= 11 is 1.23. The van der Waals surface area contributed by atoms with Gasteiger partial charge in [-0.15, -0.1) is 10.2 Å². The average Bonchev–Trinajstić information content (AvgIpc) is 3.54. The maximum Gasteiger partial charge on any atom is 0.267 e. The smallest absolute Gasteiger partial charge is 0.267 e. The highest BCUT2D eigenvalue weighted by Crippen LogP contribution is 2.24. The number of para-hydroxylation sites is 2. The molecule has 1 saturated carbocycles. The number of rotatable bonds is 7. The van der Waals surface area contributed by atoms with Crippen molar-refractivity contribution in [3.63, 3.8) is 0 Å². The quantitative estimate of drug-likeness (QED) is 0.410. The van der Waals surface area contributed by atoms with Crippen LogP contribution in [0.3, 0.4) is 0 Å². The van der Waals surface area contributed by atoms with Gasteiger partial charge in [-0.1, -0.05) is 42.1 Å². The zero-order valence-corrected chi connectivity index (χ0v) is 19.7. The summed E-state index contributed by atoms with van der Waals surface area (Å²) in [7, 11) is 1.61. The van der Waals surface area contributed by atoms with Crippen LogP contribution in [-0.2, 0) is 9.59 Å². The maximum absolute atomic E-state index is 13.4. The summed E-state index contributed by atoms with van der Waals surface area (Å²) in [5.74, 6) is 0.130. The molecule has 4 aromatic rings. The van der Waals surface area contributed by atoms with Gasteiger partial charge < -0.3 is 10.2 Å². The molecule has 0 saturated heterocycles. The molecule has 2 heterocycles. The van der Waals surface area contributed by atoms with Crippen LogP contribution in [0, 0.1) is 6.92 Å². The number of fused-ring (bicyclic) bond motifs is 3. The number of nitrogens with one attached hydrogen (secondary N) is 1. The van der Waals surface area contributed by atoms with Crippen LogP contribution in [0.15, 0.2) is 58.5 Å². The molecular weight excluding hydrogens is 452 g/mol. The Hall–Kier alpha value is -3.66. The summed E-state index contributed by atoms with van der Waals surface area (Å²) in [6.45, 7) is 1.96. The minimum Gasteiger partial charge on any atom is -0.352 e. The number of aromatic nitrogens is 4. The van der Waals surface area contributed by atoms with Crippen LogP contribution in [0.4, 0.5) is 0 Å². The van der Waals surface area contributed by atoms with Crippen LogP contribution in [0.25, 0.3) is 22.4 Å². The van der Waals surface area contributed by atoms with E-state index in [1.165, 1.54) is 16.7 Å². The molecule has 1 fully saturated rings. The summed E-state index contributed by atoms with van der Waals surface area (Å²) in [4.78, 5) is 39.5. The fourth-order valence-corrected chi connectivity index (χ4v) is 4.73. The molecule has 2 amide bonds. The topological polar surface area (TPSA) is 102 Å². The van der Waals surface area contributed by atoms with Crippen molar-refractivity contribution in [3.05, 3.63) is 64.4 Å². The second-order valence-electron chi connectivity index (χ2n) is 8.44. The number of benzene rings is 2. The first-order chi connectivity index (χ1) is 16.4. The van der Waals surface area contributed by atoms with Crippen molar-refractivity contribution >= 4 is 40.3 Å². The highest BCUT2D eigenvalue weighted by Gasteiger charge is 2.25. The number of likely N-dealkylation sites (N-methyl/N-ethyl adjacent to an activating group) is 1. The maximum atomic E-state index is 13.4. The van der Waals surface area contributed by atoms with Crippen LogP contribution < -0.4 is 10.9 Å². The Morgan fingerprint density at radius 2 is 1.85 bits per heavy atom. The molecule has 0 atom stereocenters. The molecule has 9 nitrogen and oxygen atoms in total. The predicted molar refractivity (Wildman–Crippen MR) is 130 cm³/mol. The second kappa shape index (κ2) is 8.94. The first-order valence-corrected chi connectivity index (χ1v) is 12.0. The molecule has 2 aromatic carbocycles. The van der Waals surface area contributed by atoms with Crippen LogP contribution in [0.2, 0.25) is 0 Å². The molecule has 0 bridgehead atoms. The second-order valence-corrected chi connectivity index (χ2v) is 9.38. The molecule has 10 heteroatoms. The molecule has 2 aromatic heterocycles. The van der Waals surface area contributed by atoms with Gasteiger partial charge in [0.25, 0.3) is 5.56 Å². The number of hydrogen-bond acceptors (Lipinski definition) is 6. The van der Waals surface area contributed by atoms with Gasteiger partial charge >= 0.3 is 0 Å². The third-order valence-corrected chi connectivity index (χ3v) is 6.74. The van der Waals surface area contributed by atoms with E-state index in [1.807, 2.05) is 49.4 Å². The molecule has 5 rings (SSSR count). The van der Waals surface area contributed by atoms with Gasteiger partial charge in [0.2, 0.25) is 17.6 Å². The van der Waals surface area contributed by atoms with Crippen molar-refractivity contribution in [1.29, 1.82) is 0 Å². The Morgan fingerprint density at radius 3 is 2.62 bits per heavy atom. The van der Waals surface area contributed by atoms with Gasteiger partial charge in [-0.2, -0.15) is 0 Å².